The highest BCUT2D eigenvalue weighted by Gasteiger charge is 2.44. The van der Waals surface area contributed by atoms with Crippen molar-refractivity contribution in [2.75, 3.05) is 20.3 Å². The lowest BCUT2D eigenvalue weighted by Gasteiger charge is -2.27. The number of amides is 2. The topological polar surface area (TPSA) is 114 Å². The number of hydrogen-bond donors (Lipinski definition) is 3. The maximum atomic E-state index is 12.5. The zero-order valence-electron chi connectivity index (χ0n) is 20.2. The number of carbonyl (C=O) groups is 3. The molecule has 0 spiro atoms. The molecule has 0 saturated heterocycles. The summed E-state index contributed by atoms with van der Waals surface area (Å²) in [5.41, 5.74) is 3.94. The van der Waals surface area contributed by atoms with Crippen LogP contribution in [0.4, 0.5) is 4.79 Å². The van der Waals surface area contributed by atoms with E-state index < -0.39 is 23.7 Å². The van der Waals surface area contributed by atoms with Gasteiger partial charge in [-0.25, -0.2) is 9.59 Å². The van der Waals surface area contributed by atoms with E-state index in [0.29, 0.717) is 13.0 Å². The van der Waals surface area contributed by atoms with Crippen LogP contribution in [0.1, 0.15) is 43.7 Å². The van der Waals surface area contributed by atoms with Crippen LogP contribution < -0.4 is 10.6 Å². The molecule has 3 atom stereocenters. The van der Waals surface area contributed by atoms with Crippen LogP contribution in [-0.4, -0.2) is 55.0 Å². The third-order valence-corrected chi connectivity index (χ3v) is 6.97. The standard InChI is InChI=1S/C27H32N2O6/c1-27(2,34-3)13-23(25(31)32)29-24(30)21-12-16(21)14-28-26(33)35-15-22-19-10-6-4-8-17(19)18-9-5-7-11-20(18)22/h4-11,16,21-23H,12-15H2,1-3H3,(H,28,33)(H,29,30)(H,31,32). The molecule has 2 aromatic rings. The summed E-state index contributed by atoms with van der Waals surface area (Å²) in [7, 11) is 1.51. The fourth-order valence-electron chi connectivity index (χ4n) is 4.71. The Morgan fingerprint density at radius 1 is 1.06 bits per heavy atom. The summed E-state index contributed by atoms with van der Waals surface area (Å²) in [6, 6.07) is 15.2. The van der Waals surface area contributed by atoms with Crippen molar-refractivity contribution in [3.63, 3.8) is 0 Å². The Kier molecular flexibility index (Phi) is 7.12. The van der Waals surface area contributed by atoms with Crippen molar-refractivity contribution in [2.45, 2.75) is 44.2 Å². The average molecular weight is 481 g/mol. The van der Waals surface area contributed by atoms with E-state index in [0.717, 1.165) is 22.3 Å². The molecule has 4 rings (SSSR count). The van der Waals surface area contributed by atoms with Gasteiger partial charge in [0.05, 0.1) is 5.60 Å². The van der Waals surface area contributed by atoms with Gasteiger partial charge in [0.25, 0.3) is 0 Å². The molecular formula is C27H32N2O6. The molecule has 0 bridgehead atoms. The zero-order chi connectivity index (χ0) is 25.2. The SMILES string of the molecule is COC(C)(C)CC(NC(=O)C1CC1CNC(=O)OCC1c2ccccc2-c2ccccc21)C(=O)O. The normalized spacial score (nSPS) is 19.3. The van der Waals surface area contributed by atoms with Crippen molar-refractivity contribution in [2.24, 2.45) is 11.8 Å². The van der Waals surface area contributed by atoms with Crippen molar-refractivity contribution in [1.82, 2.24) is 10.6 Å². The summed E-state index contributed by atoms with van der Waals surface area (Å²) < 4.78 is 10.8. The van der Waals surface area contributed by atoms with E-state index in [4.69, 9.17) is 9.47 Å². The number of carboxylic acids is 1. The quantitative estimate of drug-likeness (QED) is 0.479. The summed E-state index contributed by atoms with van der Waals surface area (Å²) in [5, 5.41) is 14.8. The van der Waals surface area contributed by atoms with E-state index in [1.54, 1.807) is 13.8 Å². The largest absolute Gasteiger partial charge is 0.480 e. The second kappa shape index (κ2) is 10.1. The van der Waals surface area contributed by atoms with Gasteiger partial charge in [0, 0.05) is 31.9 Å². The van der Waals surface area contributed by atoms with Crippen LogP contribution in [0.25, 0.3) is 11.1 Å². The Morgan fingerprint density at radius 3 is 2.23 bits per heavy atom. The van der Waals surface area contributed by atoms with Gasteiger partial charge < -0.3 is 25.2 Å². The minimum Gasteiger partial charge on any atom is -0.480 e. The molecule has 0 aliphatic heterocycles. The highest BCUT2D eigenvalue weighted by atomic mass is 16.5. The Morgan fingerprint density at radius 2 is 1.66 bits per heavy atom. The van der Waals surface area contributed by atoms with Gasteiger partial charge in [0.15, 0.2) is 0 Å². The van der Waals surface area contributed by atoms with Crippen LogP contribution in [0.2, 0.25) is 0 Å². The minimum atomic E-state index is -1.10. The highest BCUT2D eigenvalue weighted by molar-refractivity contribution is 5.87. The number of benzene rings is 2. The monoisotopic (exact) mass is 480 g/mol. The van der Waals surface area contributed by atoms with Gasteiger partial charge >= 0.3 is 12.1 Å². The van der Waals surface area contributed by atoms with E-state index in [-0.39, 0.29) is 36.7 Å². The molecule has 0 aromatic heterocycles. The maximum absolute atomic E-state index is 12.5. The fourth-order valence-corrected chi connectivity index (χ4v) is 4.71. The van der Waals surface area contributed by atoms with Crippen molar-refractivity contribution in [3.05, 3.63) is 59.7 Å². The summed E-state index contributed by atoms with van der Waals surface area (Å²) in [6.45, 7) is 4.07. The second-order valence-electron chi connectivity index (χ2n) is 9.88. The summed E-state index contributed by atoms with van der Waals surface area (Å²) in [5.74, 6) is -1.80. The van der Waals surface area contributed by atoms with Gasteiger partial charge in [-0.05, 0) is 48.4 Å². The Labute approximate surface area is 205 Å². The molecule has 0 radical (unpaired) electrons. The van der Waals surface area contributed by atoms with Crippen LogP contribution in [0.15, 0.2) is 48.5 Å². The minimum absolute atomic E-state index is 0.0168. The lowest BCUT2D eigenvalue weighted by molar-refractivity contribution is -0.144. The summed E-state index contributed by atoms with van der Waals surface area (Å²) >= 11 is 0. The molecule has 1 saturated carbocycles. The van der Waals surface area contributed by atoms with E-state index in [1.165, 1.54) is 7.11 Å². The Balaban J connectivity index is 1.24. The van der Waals surface area contributed by atoms with Gasteiger partial charge in [-0.2, -0.15) is 0 Å². The molecule has 2 aromatic carbocycles. The zero-order valence-corrected chi connectivity index (χ0v) is 20.2. The molecule has 2 aliphatic rings. The first kappa shape index (κ1) is 24.7. The van der Waals surface area contributed by atoms with Gasteiger partial charge in [-0.3, -0.25) is 4.79 Å². The summed E-state index contributed by atoms with van der Waals surface area (Å²) in [6.07, 6.45) is 0.221. The predicted octanol–water partition coefficient (Wildman–Crippen LogP) is 3.55. The molecule has 0 heterocycles. The number of carbonyl (C=O) groups excluding carboxylic acids is 2. The fraction of sp³-hybridized carbons (Fsp3) is 0.444. The van der Waals surface area contributed by atoms with Crippen LogP contribution in [-0.2, 0) is 19.1 Å². The van der Waals surface area contributed by atoms with E-state index in [1.807, 2.05) is 24.3 Å². The van der Waals surface area contributed by atoms with Crippen molar-refractivity contribution in [3.8, 4) is 11.1 Å². The molecule has 2 amide bonds. The maximum Gasteiger partial charge on any atom is 0.407 e. The molecular weight excluding hydrogens is 448 g/mol. The Hall–Kier alpha value is -3.39. The number of rotatable bonds is 10. The number of methoxy groups -OCH3 is 1. The first-order chi connectivity index (χ1) is 16.7. The molecule has 1 fully saturated rings. The third kappa shape index (κ3) is 5.65. The predicted molar refractivity (Wildman–Crippen MR) is 130 cm³/mol. The van der Waals surface area contributed by atoms with E-state index in [2.05, 4.69) is 34.9 Å². The van der Waals surface area contributed by atoms with Gasteiger partial charge in [-0.15, -0.1) is 0 Å². The first-order valence-electron chi connectivity index (χ1n) is 11.9. The van der Waals surface area contributed by atoms with Crippen LogP contribution in [0, 0.1) is 11.8 Å². The van der Waals surface area contributed by atoms with Crippen molar-refractivity contribution < 1.29 is 29.0 Å². The molecule has 2 aliphatic carbocycles. The molecule has 8 nitrogen and oxygen atoms in total. The van der Waals surface area contributed by atoms with Crippen LogP contribution >= 0.6 is 0 Å². The summed E-state index contributed by atoms with van der Waals surface area (Å²) in [4.78, 5) is 36.4. The lowest BCUT2D eigenvalue weighted by atomic mass is 9.98. The molecule has 8 heteroatoms. The number of aliphatic carboxylic acids is 1. The number of hydrogen-bond acceptors (Lipinski definition) is 5. The van der Waals surface area contributed by atoms with E-state index >= 15 is 0 Å². The number of carboxylic acid groups (broad SMARTS) is 1. The van der Waals surface area contributed by atoms with Gasteiger partial charge in [0.1, 0.15) is 12.6 Å². The van der Waals surface area contributed by atoms with Crippen LogP contribution in [0.5, 0.6) is 0 Å². The number of alkyl carbamates (subject to hydrolysis) is 1. The second-order valence-corrected chi connectivity index (χ2v) is 9.88. The van der Waals surface area contributed by atoms with E-state index in [9.17, 15) is 19.5 Å². The highest BCUT2D eigenvalue weighted by Crippen LogP contribution is 2.44. The number of nitrogens with one attached hydrogen (secondary N) is 2. The number of ether oxygens (including phenoxy) is 2. The molecule has 35 heavy (non-hydrogen) atoms. The smallest absolute Gasteiger partial charge is 0.407 e. The average Bonchev–Trinajstić information content (AvgIpc) is 3.56. The number of fused-ring (bicyclic) bond motifs is 3. The first-order valence-corrected chi connectivity index (χ1v) is 11.9. The third-order valence-electron chi connectivity index (χ3n) is 6.97. The lowest BCUT2D eigenvalue weighted by Crippen LogP contribution is -2.46. The van der Waals surface area contributed by atoms with Crippen LogP contribution in [0.3, 0.4) is 0 Å². The van der Waals surface area contributed by atoms with Crippen molar-refractivity contribution >= 4 is 18.0 Å². The Bertz CT molecular complexity index is 1070. The van der Waals surface area contributed by atoms with Crippen molar-refractivity contribution in [1.29, 1.82) is 0 Å². The molecule has 186 valence electrons. The molecule has 3 unspecified atom stereocenters. The van der Waals surface area contributed by atoms with Gasteiger partial charge in [-0.1, -0.05) is 48.5 Å². The molecule has 3 N–H and O–H groups in total. The van der Waals surface area contributed by atoms with Gasteiger partial charge in [0.2, 0.25) is 5.91 Å².